The van der Waals surface area contributed by atoms with E-state index < -0.39 is 5.97 Å². The van der Waals surface area contributed by atoms with Crippen LogP contribution in [0.15, 0.2) is 48.5 Å². The monoisotopic (exact) mass is 370 g/mol. The van der Waals surface area contributed by atoms with Crippen LogP contribution in [0.5, 0.6) is 5.75 Å². The van der Waals surface area contributed by atoms with Gasteiger partial charge in [-0.1, -0.05) is 18.2 Å². The summed E-state index contributed by atoms with van der Waals surface area (Å²) in [6.45, 7) is 0.0479. The largest absolute Gasteiger partial charge is 0.497 e. The summed E-state index contributed by atoms with van der Waals surface area (Å²) in [5.74, 6) is -0.301. The van der Waals surface area contributed by atoms with E-state index in [0.717, 1.165) is 15.2 Å². The lowest BCUT2D eigenvalue weighted by Gasteiger charge is -2.15. The van der Waals surface area contributed by atoms with Crippen LogP contribution in [-0.2, 0) is 16.1 Å². The van der Waals surface area contributed by atoms with Gasteiger partial charge < -0.3 is 14.4 Å². The molecule has 134 valence electrons. The highest BCUT2D eigenvalue weighted by atomic mass is 32.1. The first-order chi connectivity index (χ1) is 12.6. The second-order valence-corrected chi connectivity index (χ2v) is 6.75. The molecule has 26 heavy (non-hydrogen) atoms. The number of carbonyl (C=O) groups excluding carboxylic acids is 2. The fraction of sp³-hybridized carbons (Fsp3) is 0.211. The zero-order chi connectivity index (χ0) is 18.5. The van der Waals surface area contributed by atoms with Crippen molar-refractivity contribution in [1.29, 1.82) is 0 Å². The third-order valence-corrected chi connectivity index (χ3v) is 4.79. The molecule has 2 aromatic carbocycles. The number of likely N-dealkylation sites (N-methyl/N-ethyl adjacent to an activating group) is 1. The van der Waals surface area contributed by atoms with Crippen molar-refractivity contribution in [3.63, 3.8) is 0 Å². The van der Waals surface area contributed by atoms with Gasteiger partial charge in [-0.15, -0.1) is 11.3 Å². The lowest BCUT2D eigenvalue weighted by atomic mass is 10.2. The Hall–Kier alpha value is -2.93. The van der Waals surface area contributed by atoms with Gasteiger partial charge in [0.25, 0.3) is 5.91 Å². The molecule has 0 saturated heterocycles. The maximum atomic E-state index is 12.2. The molecule has 1 heterocycles. The van der Waals surface area contributed by atoms with Crippen LogP contribution in [0.4, 0.5) is 0 Å². The summed E-state index contributed by atoms with van der Waals surface area (Å²) in [5, 5.41) is 0.834. The van der Waals surface area contributed by atoms with Crippen LogP contribution in [0.3, 0.4) is 0 Å². The number of hydrogen-bond donors (Lipinski definition) is 0. The van der Waals surface area contributed by atoms with Crippen LogP contribution >= 0.6 is 11.3 Å². The third kappa shape index (κ3) is 4.18. The van der Waals surface area contributed by atoms with Crippen molar-refractivity contribution in [3.8, 4) is 5.75 Å². The summed E-state index contributed by atoms with van der Waals surface area (Å²) in [7, 11) is 3.18. The van der Waals surface area contributed by atoms with Crippen LogP contribution in [0.25, 0.3) is 10.2 Å². The first-order valence-electron chi connectivity index (χ1n) is 7.96. The predicted molar refractivity (Wildman–Crippen MR) is 99.4 cm³/mol. The SMILES string of the molecule is COc1cccc(C(=O)OCC(=O)N(C)Cc2nc3ccccc3s2)c1. The Morgan fingerprint density at radius 2 is 1.96 bits per heavy atom. The number of aromatic nitrogens is 1. The summed E-state index contributed by atoms with van der Waals surface area (Å²) in [5.41, 5.74) is 1.25. The Labute approximate surface area is 155 Å². The molecule has 0 N–H and O–H groups in total. The Morgan fingerprint density at radius 3 is 2.73 bits per heavy atom. The van der Waals surface area contributed by atoms with Gasteiger partial charge in [-0.05, 0) is 30.3 Å². The molecule has 3 rings (SSSR count). The van der Waals surface area contributed by atoms with Gasteiger partial charge in [0.2, 0.25) is 0 Å². The number of carbonyl (C=O) groups is 2. The average molecular weight is 370 g/mol. The fourth-order valence-electron chi connectivity index (χ4n) is 2.35. The van der Waals surface area contributed by atoms with E-state index in [1.54, 1.807) is 42.6 Å². The molecule has 0 bridgehead atoms. The number of esters is 1. The van der Waals surface area contributed by atoms with E-state index >= 15 is 0 Å². The van der Waals surface area contributed by atoms with E-state index in [1.165, 1.54) is 12.0 Å². The lowest BCUT2D eigenvalue weighted by molar-refractivity contribution is -0.133. The van der Waals surface area contributed by atoms with E-state index in [9.17, 15) is 9.59 Å². The van der Waals surface area contributed by atoms with Crippen molar-refractivity contribution in [2.24, 2.45) is 0 Å². The summed E-state index contributed by atoms with van der Waals surface area (Å²) >= 11 is 1.54. The summed E-state index contributed by atoms with van der Waals surface area (Å²) in [6.07, 6.45) is 0. The van der Waals surface area contributed by atoms with Gasteiger partial charge in [-0.2, -0.15) is 0 Å². The Bertz CT molecular complexity index is 905. The fourth-order valence-corrected chi connectivity index (χ4v) is 3.37. The Kier molecular flexibility index (Phi) is 5.48. The maximum absolute atomic E-state index is 12.2. The first kappa shape index (κ1) is 17.9. The average Bonchev–Trinajstić information content (AvgIpc) is 3.07. The van der Waals surface area contributed by atoms with Crippen molar-refractivity contribution in [2.45, 2.75) is 6.54 Å². The smallest absolute Gasteiger partial charge is 0.338 e. The van der Waals surface area contributed by atoms with Gasteiger partial charge in [0, 0.05) is 7.05 Å². The molecule has 0 unspecified atom stereocenters. The van der Waals surface area contributed by atoms with Crippen LogP contribution in [0.1, 0.15) is 15.4 Å². The zero-order valence-corrected chi connectivity index (χ0v) is 15.3. The molecule has 0 radical (unpaired) electrons. The van der Waals surface area contributed by atoms with Gasteiger partial charge in [-0.3, -0.25) is 4.79 Å². The number of benzene rings is 2. The normalized spacial score (nSPS) is 10.5. The molecule has 0 aliphatic rings. The molecular weight excluding hydrogens is 352 g/mol. The molecular formula is C19H18N2O4S. The summed E-state index contributed by atoms with van der Waals surface area (Å²) < 4.78 is 11.3. The minimum Gasteiger partial charge on any atom is -0.497 e. The highest BCUT2D eigenvalue weighted by Gasteiger charge is 2.15. The van der Waals surface area contributed by atoms with Crippen LogP contribution in [0, 0.1) is 0 Å². The molecule has 1 aromatic heterocycles. The summed E-state index contributed by atoms with van der Waals surface area (Å²) in [4.78, 5) is 30.3. The number of rotatable bonds is 6. The number of nitrogens with zero attached hydrogens (tertiary/aromatic N) is 2. The van der Waals surface area contributed by atoms with E-state index in [0.29, 0.717) is 17.9 Å². The molecule has 0 atom stereocenters. The molecule has 6 nitrogen and oxygen atoms in total. The van der Waals surface area contributed by atoms with E-state index in [2.05, 4.69) is 4.98 Å². The van der Waals surface area contributed by atoms with E-state index in [4.69, 9.17) is 9.47 Å². The van der Waals surface area contributed by atoms with Crippen LogP contribution in [-0.4, -0.2) is 42.5 Å². The first-order valence-corrected chi connectivity index (χ1v) is 8.78. The number of ether oxygens (including phenoxy) is 2. The molecule has 0 aliphatic carbocycles. The summed E-state index contributed by atoms with van der Waals surface area (Å²) in [6, 6.07) is 14.4. The Morgan fingerprint density at radius 1 is 1.15 bits per heavy atom. The second-order valence-electron chi connectivity index (χ2n) is 5.63. The number of fused-ring (bicyclic) bond motifs is 1. The number of amides is 1. The quantitative estimate of drug-likeness (QED) is 0.624. The molecule has 1 amide bonds. The number of hydrogen-bond acceptors (Lipinski definition) is 6. The number of para-hydroxylation sites is 1. The van der Waals surface area contributed by atoms with Gasteiger partial charge in [0.1, 0.15) is 10.8 Å². The van der Waals surface area contributed by atoms with Crippen molar-refractivity contribution in [1.82, 2.24) is 9.88 Å². The number of methoxy groups -OCH3 is 1. The van der Waals surface area contributed by atoms with E-state index in [1.807, 2.05) is 24.3 Å². The Balaban J connectivity index is 1.56. The highest BCUT2D eigenvalue weighted by Crippen LogP contribution is 2.22. The van der Waals surface area contributed by atoms with Crippen molar-refractivity contribution >= 4 is 33.4 Å². The molecule has 0 aliphatic heterocycles. The maximum Gasteiger partial charge on any atom is 0.338 e. The standard InChI is InChI=1S/C19H18N2O4S/c1-21(11-17-20-15-8-3-4-9-16(15)26-17)18(22)12-25-19(23)13-6-5-7-14(10-13)24-2/h3-10H,11-12H2,1-2H3. The van der Waals surface area contributed by atoms with Gasteiger partial charge in [0.15, 0.2) is 6.61 Å². The van der Waals surface area contributed by atoms with E-state index in [-0.39, 0.29) is 12.5 Å². The topological polar surface area (TPSA) is 68.7 Å². The molecule has 0 spiro atoms. The zero-order valence-electron chi connectivity index (χ0n) is 14.5. The van der Waals surface area contributed by atoms with Gasteiger partial charge in [0.05, 0.1) is 29.4 Å². The van der Waals surface area contributed by atoms with Gasteiger partial charge >= 0.3 is 5.97 Å². The molecule has 0 fully saturated rings. The number of thiazole rings is 1. The minimum atomic E-state index is -0.564. The predicted octanol–water partition coefficient (Wildman–Crippen LogP) is 3.12. The van der Waals surface area contributed by atoms with Crippen LogP contribution in [0.2, 0.25) is 0 Å². The van der Waals surface area contributed by atoms with Crippen molar-refractivity contribution in [2.75, 3.05) is 20.8 Å². The third-order valence-electron chi connectivity index (χ3n) is 3.77. The van der Waals surface area contributed by atoms with Gasteiger partial charge in [-0.25, -0.2) is 9.78 Å². The molecule has 7 heteroatoms. The van der Waals surface area contributed by atoms with Crippen LogP contribution < -0.4 is 4.74 Å². The van der Waals surface area contributed by atoms with Crippen molar-refractivity contribution in [3.05, 3.63) is 59.1 Å². The van der Waals surface area contributed by atoms with Crippen molar-refractivity contribution < 1.29 is 19.1 Å². The molecule has 0 saturated carbocycles. The molecule has 3 aromatic rings. The second kappa shape index (κ2) is 7.97. The highest BCUT2D eigenvalue weighted by molar-refractivity contribution is 7.18. The minimum absolute atomic E-state index is 0.291. The lowest BCUT2D eigenvalue weighted by Crippen LogP contribution is -2.30.